The van der Waals surface area contributed by atoms with Gasteiger partial charge in [0.15, 0.2) is 24.2 Å². The molecule has 0 unspecified atom stereocenters. The number of anilines is 1. The molecule has 2 aromatic carbocycles. The van der Waals surface area contributed by atoms with Crippen molar-refractivity contribution in [3.63, 3.8) is 0 Å². The summed E-state index contributed by atoms with van der Waals surface area (Å²) in [4.78, 5) is 33.5. The number of benzene rings is 2. The molecule has 0 amide bonds. The molecule has 4 atom stereocenters. The molecule has 12 heteroatoms. The van der Waals surface area contributed by atoms with E-state index >= 15 is 4.39 Å². The van der Waals surface area contributed by atoms with Gasteiger partial charge in [0.2, 0.25) is 0 Å². The topological polar surface area (TPSA) is 131 Å². The molecule has 1 aliphatic rings. The van der Waals surface area contributed by atoms with Crippen LogP contribution in [0.1, 0.15) is 26.9 Å². The highest BCUT2D eigenvalue weighted by atomic mass is 32.2. The predicted octanol–water partition coefficient (Wildman–Crippen LogP) is 3.45. The molecule has 37 heavy (non-hydrogen) atoms. The van der Waals surface area contributed by atoms with Crippen molar-refractivity contribution in [3.05, 3.63) is 78.1 Å². The van der Waals surface area contributed by atoms with Crippen molar-refractivity contribution >= 4 is 40.6 Å². The highest BCUT2D eigenvalue weighted by Crippen LogP contribution is 2.38. The number of alkyl halides is 1. The number of ether oxygens (including phenoxy) is 3. The van der Waals surface area contributed by atoms with E-state index in [1.807, 2.05) is 0 Å². The second kappa shape index (κ2) is 10.5. The fourth-order valence-electron chi connectivity index (χ4n) is 4.03. The van der Waals surface area contributed by atoms with E-state index in [2.05, 4.69) is 15.1 Å². The van der Waals surface area contributed by atoms with Crippen LogP contribution in [0.2, 0.25) is 0 Å². The molecule has 2 N–H and O–H groups in total. The first kappa shape index (κ1) is 24.7. The minimum absolute atomic E-state index is 0.189. The standard InChI is InChI=1S/C25H22FN5O5S/c1-37-22-17-20(27)28-13-29-21(17)31(30-22)23-18(26)19(36-25(33)15-10-6-3-7-11-15)16(35-23)12-34-24(32)14-8-4-2-5-9-14/h2-11,13,16,18-19,23H,12H2,1H3,(H2,27,28,29)/t16-,18-,19+,23+/m0/s1. The van der Waals surface area contributed by atoms with Gasteiger partial charge < -0.3 is 19.9 Å². The van der Waals surface area contributed by atoms with Gasteiger partial charge in [0.1, 0.15) is 29.9 Å². The molecule has 0 saturated carbocycles. The predicted molar refractivity (Wildman–Crippen MR) is 133 cm³/mol. The summed E-state index contributed by atoms with van der Waals surface area (Å²) in [6.45, 7) is -0.358. The second-order valence-electron chi connectivity index (χ2n) is 8.12. The number of thioether (sulfide) groups is 1. The van der Waals surface area contributed by atoms with Gasteiger partial charge in [-0.15, -0.1) is 11.8 Å². The summed E-state index contributed by atoms with van der Waals surface area (Å²) >= 11 is 1.29. The van der Waals surface area contributed by atoms with Gasteiger partial charge in [0.25, 0.3) is 0 Å². The summed E-state index contributed by atoms with van der Waals surface area (Å²) in [6, 6.07) is 16.5. The first-order valence-corrected chi connectivity index (χ1v) is 12.5. The maximum absolute atomic E-state index is 16.0. The Morgan fingerprint density at radius 2 is 1.70 bits per heavy atom. The maximum Gasteiger partial charge on any atom is 0.338 e. The number of fused-ring (bicyclic) bond motifs is 1. The number of nitrogens with two attached hydrogens (primary N) is 1. The molecule has 4 aromatic rings. The lowest BCUT2D eigenvalue weighted by atomic mass is 10.1. The highest BCUT2D eigenvalue weighted by Gasteiger charge is 2.50. The molecular formula is C25H22FN5O5S. The fraction of sp³-hybridized carbons (Fsp3) is 0.240. The molecule has 3 heterocycles. The third-order valence-electron chi connectivity index (χ3n) is 5.83. The molecule has 1 aliphatic heterocycles. The molecule has 1 saturated heterocycles. The SMILES string of the molecule is CSc1nn([C@@H]2O[C@@H](COC(=O)c3ccccc3)[C@@H](OC(=O)c3ccccc3)[C@@H]2F)c2ncnc(N)c12. The average Bonchev–Trinajstić information content (AvgIpc) is 3.46. The van der Waals surface area contributed by atoms with Gasteiger partial charge in [-0.3, -0.25) is 0 Å². The van der Waals surface area contributed by atoms with Crippen molar-refractivity contribution in [1.29, 1.82) is 0 Å². The van der Waals surface area contributed by atoms with Gasteiger partial charge in [-0.1, -0.05) is 36.4 Å². The summed E-state index contributed by atoms with van der Waals surface area (Å²) in [5.74, 6) is -1.17. The number of carbonyl (C=O) groups excluding carboxylic acids is 2. The third kappa shape index (κ3) is 4.85. The first-order valence-electron chi connectivity index (χ1n) is 11.3. The van der Waals surface area contributed by atoms with Crippen LogP contribution in [0.25, 0.3) is 11.0 Å². The summed E-state index contributed by atoms with van der Waals surface area (Å²) in [5, 5.41) is 5.38. The fourth-order valence-corrected chi connectivity index (χ4v) is 4.60. The summed E-state index contributed by atoms with van der Waals surface area (Å²) in [5.41, 5.74) is 6.85. The smallest absolute Gasteiger partial charge is 0.338 e. The van der Waals surface area contributed by atoms with E-state index in [-0.39, 0.29) is 23.6 Å². The molecule has 0 aliphatic carbocycles. The van der Waals surface area contributed by atoms with Gasteiger partial charge >= 0.3 is 11.9 Å². The summed E-state index contributed by atoms with van der Waals surface area (Å²) < 4.78 is 34.1. The molecule has 2 aromatic heterocycles. The quantitative estimate of drug-likeness (QED) is 0.284. The van der Waals surface area contributed by atoms with E-state index in [1.165, 1.54) is 22.8 Å². The Kier molecular flexibility index (Phi) is 7.01. The zero-order valence-corrected chi connectivity index (χ0v) is 20.4. The summed E-state index contributed by atoms with van der Waals surface area (Å²) in [7, 11) is 0. The molecular weight excluding hydrogens is 501 g/mol. The van der Waals surface area contributed by atoms with Gasteiger partial charge in [0.05, 0.1) is 16.5 Å². The van der Waals surface area contributed by atoms with Crippen LogP contribution in [0.15, 0.2) is 72.0 Å². The van der Waals surface area contributed by atoms with Crippen LogP contribution in [0.4, 0.5) is 10.2 Å². The molecule has 5 rings (SSSR count). The van der Waals surface area contributed by atoms with E-state index in [0.29, 0.717) is 16.0 Å². The Balaban J connectivity index is 1.44. The van der Waals surface area contributed by atoms with Crippen LogP contribution < -0.4 is 5.73 Å². The Hall–Kier alpha value is -4.03. The lowest BCUT2D eigenvalue weighted by Gasteiger charge is -2.19. The molecule has 0 spiro atoms. The Morgan fingerprint density at radius 3 is 2.35 bits per heavy atom. The number of halogens is 1. The highest BCUT2D eigenvalue weighted by molar-refractivity contribution is 7.98. The number of nitrogen functional groups attached to an aromatic ring is 1. The van der Waals surface area contributed by atoms with Crippen LogP contribution in [0, 0.1) is 0 Å². The van der Waals surface area contributed by atoms with Gasteiger partial charge in [-0.2, -0.15) is 5.10 Å². The minimum atomic E-state index is -1.86. The lowest BCUT2D eigenvalue weighted by Crippen LogP contribution is -2.37. The van der Waals surface area contributed by atoms with Crippen molar-refractivity contribution in [3.8, 4) is 0 Å². The van der Waals surface area contributed by atoms with E-state index in [1.54, 1.807) is 66.9 Å². The van der Waals surface area contributed by atoms with Crippen molar-refractivity contribution in [2.75, 3.05) is 18.6 Å². The molecule has 0 bridgehead atoms. The number of rotatable bonds is 7. The molecule has 1 fully saturated rings. The van der Waals surface area contributed by atoms with Gasteiger partial charge in [-0.25, -0.2) is 28.6 Å². The minimum Gasteiger partial charge on any atom is -0.459 e. The van der Waals surface area contributed by atoms with Crippen LogP contribution in [0.3, 0.4) is 0 Å². The van der Waals surface area contributed by atoms with Gasteiger partial charge in [-0.05, 0) is 30.5 Å². The molecule has 0 radical (unpaired) electrons. The van der Waals surface area contributed by atoms with E-state index in [4.69, 9.17) is 19.9 Å². The van der Waals surface area contributed by atoms with Crippen LogP contribution in [-0.4, -0.2) is 62.9 Å². The van der Waals surface area contributed by atoms with Crippen LogP contribution in [0.5, 0.6) is 0 Å². The normalized spacial score (nSPS) is 21.1. The maximum atomic E-state index is 16.0. The summed E-state index contributed by atoms with van der Waals surface area (Å²) in [6.07, 6.45) is -2.66. The Morgan fingerprint density at radius 1 is 1.05 bits per heavy atom. The lowest BCUT2D eigenvalue weighted by molar-refractivity contribution is -0.0604. The van der Waals surface area contributed by atoms with E-state index in [9.17, 15) is 9.59 Å². The number of hydrogen-bond donors (Lipinski definition) is 1. The third-order valence-corrected chi connectivity index (χ3v) is 6.50. The number of aromatic nitrogens is 4. The zero-order valence-electron chi connectivity index (χ0n) is 19.6. The Bertz CT molecular complexity index is 1420. The molecule has 190 valence electrons. The van der Waals surface area contributed by atoms with Crippen molar-refractivity contribution in [1.82, 2.24) is 19.7 Å². The number of hydrogen-bond acceptors (Lipinski definition) is 10. The zero-order chi connectivity index (χ0) is 25.9. The number of nitrogens with zero attached hydrogens (tertiary/aromatic N) is 4. The van der Waals surface area contributed by atoms with Crippen molar-refractivity contribution in [2.45, 2.75) is 29.6 Å². The van der Waals surface area contributed by atoms with E-state index in [0.717, 1.165) is 0 Å². The largest absolute Gasteiger partial charge is 0.459 e. The van der Waals surface area contributed by atoms with Crippen molar-refractivity contribution < 1.29 is 28.2 Å². The van der Waals surface area contributed by atoms with E-state index < -0.39 is 36.5 Å². The Labute approximate surface area is 214 Å². The monoisotopic (exact) mass is 523 g/mol. The van der Waals surface area contributed by atoms with Crippen LogP contribution in [-0.2, 0) is 14.2 Å². The molecule has 10 nitrogen and oxygen atoms in total. The second-order valence-corrected chi connectivity index (χ2v) is 8.92. The van der Waals surface area contributed by atoms with Crippen molar-refractivity contribution in [2.24, 2.45) is 0 Å². The number of esters is 2. The van der Waals surface area contributed by atoms with Crippen LogP contribution >= 0.6 is 11.8 Å². The first-order chi connectivity index (χ1) is 18.0. The van der Waals surface area contributed by atoms with Gasteiger partial charge in [0, 0.05) is 0 Å². The average molecular weight is 524 g/mol. The number of carbonyl (C=O) groups is 2.